The minimum Gasteiger partial charge on any atom is -0.438 e. The molecule has 14 heavy (non-hydrogen) atoms. The zero-order valence-electron chi connectivity index (χ0n) is 4.84. The summed E-state index contributed by atoms with van der Waals surface area (Å²) in [7, 11) is 2.65. The Hall–Kier alpha value is -0.770. The first kappa shape index (κ1) is 51.0. The van der Waals surface area contributed by atoms with Crippen molar-refractivity contribution in [2.75, 3.05) is 21.0 Å². The number of methoxy groups -OCH3 is 2. The van der Waals surface area contributed by atoms with Crippen LogP contribution in [0.1, 0.15) is 44.6 Å². The van der Waals surface area contributed by atoms with Gasteiger partial charge in [0.25, 0.3) is 0 Å². The molecule has 0 radical (unpaired) electrons. The molecular formula is C10H32O4. The van der Waals surface area contributed by atoms with Gasteiger partial charge in [-0.05, 0) is 0 Å². The third kappa shape index (κ3) is 43.0. The van der Waals surface area contributed by atoms with Crippen LogP contribution in [0.5, 0.6) is 0 Å². The highest BCUT2D eigenvalue weighted by molar-refractivity contribution is 5.59. The van der Waals surface area contributed by atoms with Gasteiger partial charge in [-0.2, -0.15) is 0 Å². The van der Waals surface area contributed by atoms with Gasteiger partial charge < -0.3 is 14.2 Å². The van der Waals surface area contributed by atoms with Gasteiger partial charge in [-0.25, -0.2) is 4.79 Å². The lowest BCUT2D eigenvalue weighted by Gasteiger charge is -1.98. The summed E-state index contributed by atoms with van der Waals surface area (Å²) in [6.07, 6.45) is -0.730. The van der Waals surface area contributed by atoms with Gasteiger partial charge in [-0.3, -0.25) is 0 Å². The lowest BCUT2D eigenvalue weighted by Crippen LogP contribution is -2.05. The van der Waals surface area contributed by atoms with E-state index >= 15 is 0 Å². The van der Waals surface area contributed by atoms with Crippen LogP contribution in [0.4, 0.5) is 4.79 Å². The number of ether oxygens (including phenoxy) is 3. The predicted octanol–water partition coefficient (Wildman–Crippen LogP) is 4.19. The van der Waals surface area contributed by atoms with E-state index in [4.69, 9.17) is 0 Å². The summed E-state index contributed by atoms with van der Waals surface area (Å²) >= 11 is 0. The van der Waals surface area contributed by atoms with Crippen LogP contribution < -0.4 is 0 Å². The minimum absolute atomic E-state index is 0. The maximum atomic E-state index is 10.0. The Morgan fingerprint density at radius 3 is 1.50 bits per heavy atom. The SMILES string of the molecule is C.C.C.C.C.C.COCOC(=O)OC. The summed E-state index contributed by atoms with van der Waals surface area (Å²) in [4.78, 5) is 10.0. The molecule has 0 fully saturated rings. The number of carbonyl (C=O) groups is 1. The number of rotatable bonds is 2. The lowest BCUT2D eigenvalue weighted by atomic mass is 11.2. The van der Waals surface area contributed by atoms with Crippen molar-refractivity contribution in [2.24, 2.45) is 0 Å². The first-order valence-corrected chi connectivity index (χ1v) is 2.01. The van der Waals surface area contributed by atoms with Crippen molar-refractivity contribution in [3.05, 3.63) is 0 Å². The average molecular weight is 216 g/mol. The fourth-order valence-corrected chi connectivity index (χ4v) is 0.166. The molecule has 0 unspecified atom stereocenters. The van der Waals surface area contributed by atoms with Crippen LogP contribution >= 0.6 is 0 Å². The van der Waals surface area contributed by atoms with Crippen LogP contribution in [0.25, 0.3) is 0 Å². The van der Waals surface area contributed by atoms with E-state index in [1.165, 1.54) is 14.2 Å². The maximum absolute atomic E-state index is 10.0. The fraction of sp³-hybridized carbons (Fsp3) is 0.900. The first-order chi connectivity index (χ1) is 3.81. The Morgan fingerprint density at radius 1 is 0.929 bits per heavy atom. The normalized spacial score (nSPS) is 4.71. The molecule has 0 rings (SSSR count). The molecule has 0 aliphatic carbocycles. The molecule has 96 valence electrons. The molecule has 0 atom stereocenters. The highest BCUT2D eigenvalue weighted by Crippen LogP contribution is 1.79. The third-order valence-electron chi connectivity index (χ3n) is 0.461. The standard InChI is InChI=1S/C4H8O4.6CH4/c1-6-3-8-4(5)7-2;;;;;;/h3H2,1-2H3;6*1H4. The van der Waals surface area contributed by atoms with Gasteiger partial charge in [0.2, 0.25) is 0 Å². The molecule has 0 aliphatic rings. The maximum Gasteiger partial charge on any atom is 0.510 e. The highest BCUT2D eigenvalue weighted by atomic mass is 16.8. The molecule has 0 aromatic heterocycles. The minimum atomic E-state index is -0.730. The number of hydrogen-bond acceptors (Lipinski definition) is 4. The van der Waals surface area contributed by atoms with E-state index in [-0.39, 0.29) is 51.4 Å². The molecule has 0 saturated carbocycles. The molecule has 0 heterocycles. The summed E-state index contributed by atoms with van der Waals surface area (Å²) in [6, 6.07) is 0. The predicted molar refractivity (Wildman–Crippen MR) is 65.8 cm³/mol. The Bertz CT molecular complexity index is 74.5. The van der Waals surface area contributed by atoms with Crippen molar-refractivity contribution < 1.29 is 19.0 Å². The molecule has 0 aliphatic heterocycles. The van der Waals surface area contributed by atoms with Crippen molar-refractivity contribution in [1.82, 2.24) is 0 Å². The summed E-state index contributed by atoms with van der Waals surface area (Å²) in [5.41, 5.74) is 0. The molecule has 4 nitrogen and oxygen atoms in total. The molecule has 0 spiro atoms. The van der Waals surface area contributed by atoms with Crippen molar-refractivity contribution in [2.45, 2.75) is 44.6 Å². The molecule has 0 saturated heterocycles. The Morgan fingerprint density at radius 2 is 1.29 bits per heavy atom. The average Bonchev–Trinajstić information content (AvgIpc) is 1.83. The quantitative estimate of drug-likeness (QED) is 0.513. The zero-order chi connectivity index (χ0) is 6.41. The summed E-state index contributed by atoms with van der Waals surface area (Å²) < 4.78 is 12.8. The molecule has 0 bridgehead atoms. The molecule has 0 aromatic carbocycles. The van der Waals surface area contributed by atoms with Crippen LogP contribution in [0.3, 0.4) is 0 Å². The first-order valence-electron chi connectivity index (χ1n) is 2.01. The van der Waals surface area contributed by atoms with Crippen molar-refractivity contribution in [3.63, 3.8) is 0 Å². The van der Waals surface area contributed by atoms with E-state index < -0.39 is 6.16 Å². The van der Waals surface area contributed by atoms with E-state index in [0.29, 0.717) is 0 Å². The zero-order valence-corrected chi connectivity index (χ0v) is 4.84. The Kier molecular flexibility index (Phi) is 145. The second-order valence-corrected chi connectivity index (χ2v) is 1.00. The summed E-state index contributed by atoms with van der Waals surface area (Å²) in [5.74, 6) is 0. The van der Waals surface area contributed by atoms with Gasteiger partial charge >= 0.3 is 6.16 Å². The smallest absolute Gasteiger partial charge is 0.438 e. The van der Waals surface area contributed by atoms with Gasteiger partial charge in [0.1, 0.15) is 0 Å². The van der Waals surface area contributed by atoms with Crippen molar-refractivity contribution in [1.29, 1.82) is 0 Å². The number of hydrogen-bond donors (Lipinski definition) is 0. The lowest BCUT2D eigenvalue weighted by molar-refractivity contribution is -0.0190. The van der Waals surface area contributed by atoms with E-state index in [9.17, 15) is 4.79 Å². The molecular weight excluding hydrogens is 184 g/mol. The van der Waals surface area contributed by atoms with Gasteiger partial charge in [-0.15, -0.1) is 0 Å². The van der Waals surface area contributed by atoms with Gasteiger partial charge in [0.05, 0.1) is 7.11 Å². The fourth-order valence-electron chi connectivity index (χ4n) is 0.166. The van der Waals surface area contributed by atoms with E-state index in [1.807, 2.05) is 0 Å². The van der Waals surface area contributed by atoms with Crippen molar-refractivity contribution >= 4 is 6.16 Å². The van der Waals surface area contributed by atoms with Gasteiger partial charge in [0.15, 0.2) is 6.79 Å². The van der Waals surface area contributed by atoms with Crippen LogP contribution in [-0.2, 0) is 14.2 Å². The van der Waals surface area contributed by atoms with E-state index in [0.717, 1.165) is 0 Å². The molecule has 0 aromatic rings. The summed E-state index contributed by atoms with van der Waals surface area (Å²) in [5, 5.41) is 0. The third-order valence-corrected chi connectivity index (χ3v) is 0.461. The number of carbonyl (C=O) groups excluding carboxylic acids is 1. The Labute approximate surface area is 91.6 Å². The van der Waals surface area contributed by atoms with Crippen LogP contribution in [0, 0.1) is 0 Å². The highest BCUT2D eigenvalue weighted by Gasteiger charge is 1.95. The van der Waals surface area contributed by atoms with Crippen LogP contribution in [0.15, 0.2) is 0 Å². The van der Waals surface area contributed by atoms with Gasteiger partial charge in [-0.1, -0.05) is 44.6 Å². The summed E-state index contributed by atoms with van der Waals surface area (Å²) in [6.45, 7) is -0.0628. The molecule has 0 amide bonds. The Balaban J connectivity index is -0.0000000163. The monoisotopic (exact) mass is 216 g/mol. The van der Waals surface area contributed by atoms with Gasteiger partial charge in [0, 0.05) is 7.11 Å². The van der Waals surface area contributed by atoms with Crippen LogP contribution in [0.2, 0.25) is 0 Å². The molecule has 0 N–H and O–H groups in total. The second-order valence-electron chi connectivity index (χ2n) is 1.00. The molecule has 4 heteroatoms. The largest absolute Gasteiger partial charge is 0.510 e. The van der Waals surface area contributed by atoms with E-state index in [1.54, 1.807) is 0 Å². The second kappa shape index (κ2) is 39.7. The van der Waals surface area contributed by atoms with Crippen molar-refractivity contribution in [3.8, 4) is 0 Å². The van der Waals surface area contributed by atoms with Crippen LogP contribution in [-0.4, -0.2) is 27.2 Å². The topological polar surface area (TPSA) is 44.8 Å². The van der Waals surface area contributed by atoms with E-state index in [2.05, 4.69) is 14.2 Å².